The minimum absolute atomic E-state index is 0.0219. The Morgan fingerprint density at radius 2 is 2.21 bits per heavy atom. The summed E-state index contributed by atoms with van der Waals surface area (Å²) in [5.74, 6) is -0.0219. The number of benzene rings is 1. The lowest BCUT2D eigenvalue weighted by molar-refractivity contribution is 0.0723. The van der Waals surface area contributed by atoms with Gasteiger partial charge >= 0.3 is 0 Å². The number of para-hydroxylation sites is 1. The molecule has 1 aliphatic rings. The second kappa shape index (κ2) is 5.05. The van der Waals surface area contributed by atoms with E-state index in [0.717, 1.165) is 30.2 Å². The number of methoxy groups -OCH3 is 1. The predicted molar refractivity (Wildman–Crippen MR) is 74.2 cm³/mol. The van der Waals surface area contributed by atoms with Crippen LogP contribution in [0.1, 0.15) is 29.6 Å². The van der Waals surface area contributed by atoms with E-state index in [0.29, 0.717) is 5.56 Å². The van der Waals surface area contributed by atoms with E-state index >= 15 is 0 Å². The van der Waals surface area contributed by atoms with Gasteiger partial charge in [-0.25, -0.2) is 0 Å². The topological polar surface area (TPSA) is 54.1 Å². The molecule has 2 aromatic rings. The van der Waals surface area contributed by atoms with E-state index in [1.807, 2.05) is 24.3 Å². The van der Waals surface area contributed by atoms with Crippen molar-refractivity contribution < 1.29 is 9.53 Å². The van der Waals surface area contributed by atoms with Crippen LogP contribution in [0.4, 0.5) is 0 Å². The fraction of sp³-hybridized carbons (Fsp3) is 0.400. The molecule has 1 aromatic heterocycles. The van der Waals surface area contributed by atoms with E-state index in [9.17, 15) is 4.79 Å². The third kappa shape index (κ3) is 2.24. The molecule has 2 N–H and O–H groups in total. The van der Waals surface area contributed by atoms with Gasteiger partial charge in [0.1, 0.15) is 0 Å². The summed E-state index contributed by atoms with van der Waals surface area (Å²) < 4.78 is 5.41. The number of amides is 1. The molecule has 1 saturated carbocycles. The summed E-state index contributed by atoms with van der Waals surface area (Å²) in [6.45, 7) is 0. The maximum atomic E-state index is 12.4. The van der Waals surface area contributed by atoms with Gasteiger partial charge in [0, 0.05) is 24.2 Å². The molecule has 1 aliphatic carbocycles. The molecular formula is C15H18N2O2. The number of rotatable bonds is 3. The lowest BCUT2D eigenvalue weighted by atomic mass is 10.1. The van der Waals surface area contributed by atoms with Crippen molar-refractivity contribution in [3.8, 4) is 0 Å². The number of nitrogens with one attached hydrogen (secondary N) is 2. The van der Waals surface area contributed by atoms with E-state index in [-0.39, 0.29) is 18.1 Å². The summed E-state index contributed by atoms with van der Waals surface area (Å²) >= 11 is 0. The maximum Gasteiger partial charge on any atom is 0.253 e. The van der Waals surface area contributed by atoms with Gasteiger partial charge < -0.3 is 15.0 Å². The molecule has 19 heavy (non-hydrogen) atoms. The molecule has 0 aliphatic heterocycles. The van der Waals surface area contributed by atoms with Gasteiger partial charge in [0.15, 0.2) is 0 Å². The zero-order valence-electron chi connectivity index (χ0n) is 11.0. The highest BCUT2D eigenvalue weighted by Gasteiger charge is 2.29. The smallest absolute Gasteiger partial charge is 0.253 e. The van der Waals surface area contributed by atoms with Crippen molar-refractivity contribution in [1.82, 2.24) is 10.3 Å². The standard InChI is InChI=1S/C15H18N2O2/c1-19-14-8-4-7-13(14)17-15(18)11-9-16-12-6-3-2-5-10(11)12/h2-3,5-6,9,13-14,16H,4,7-8H2,1H3,(H,17,18). The quantitative estimate of drug-likeness (QED) is 0.888. The van der Waals surface area contributed by atoms with E-state index in [2.05, 4.69) is 10.3 Å². The van der Waals surface area contributed by atoms with E-state index in [4.69, 9.17) is 4.74 Å². The molecular weight excluding hydrogens is 240 g/mol. The molecule has 1 amide bonds. The highest BCUT2D eigenvalue weighted by atomic mass is 16.5. The molecule has 3 rings (SSSR count). The Balaban J connectivity index is 1.80. The Kier molecular flexibility index (Phi) is 3.25. The Hall–Kier alpha value is -1.81. The lowest BCUT2D eigenvalue weighted by Gasteiger charge is -2.19. The van der Waals surface area contributed by atoms with Crippen molar-refractivity contribution in [2.24, 2.45) is 0 Å². The van der Waals surface area contributed by atoms with Crippen LogP contribution >= 0.6 is 0 Å². The lowest BCUT2D eigenvalue weighted by Crippen LogP contribution is -2.40. The van der Waals surface area contributed by atoms with Crippen LogP contribution in [0.5, 0.6) is 0 Å². The number of fused-ring (bicyclic) bond motifs is 1. The van der Waals surface area contributed by atoms with Crippen LogP contribution in [0, 0.1) is 0 Å². The summed E-state index contributed by atoms with van der Waals surface area (Å²) in [6, 6.07) is 7.97. The van der Waals surface area contributed by atoms with Gasteiger partial charge in [0.25, 0.3) is 5.91 Å². The zero-order chi connectivity index (χ0) is 13.2. The number of carbonyl (C=O) groups is 1. The van der Waals surface area contributed by atoms with Crippen LogP contribution in [0.25, 0.3) is 10.9 Å². The SMILES string of the molecule is COC1CCCC1NC(=O)c1c[nH]c2ccccc12. The first-order chi connectivity index (χ1) is 9.29. The van der Waals surface area contributed by atoms with Crippen LogP contribution in [-0.4, -0.2) is 30.1 Å². The third-order valence-corrected chi connectivity index (χ3v) is 3.91. The van der Waals surface area contributed by atoms with Crippen molar-refractivity contribution in [1.29, 1.82) is 0 Å². The number of aromatic amines is 1. The fourth-order valence-corrected chi connectivity index (χ4v) is 2.88. The molecule has 100 valence electrons. The van der Waals surface area contributed by atoms with Crippen LogP contribution in [0.3, 0.4) is 0 Å². The van der Waals surface area contributed by atoms with Crippen molar-refractivity contribution in [3.05, 3.63) is 36.0 Å². The van der Waals surface area contributed by atoms with Gasteiger partial charge in [-0.3, -0.25) is 4.79 Å². The molecule has 1 heterocycles. The zero-order valence-corrected chi connectivity index (χ0v) is 11.0. The second-order valence-electron chi connectivity index (χ2n) is 5.03. The summed E-state index contributed by atoms with van der Waals surface area (Å²) in [4.78, 5) is 15.5. The Morgan fingerprint density at radius 3 is 3.05 bits per heavy atom. The normalized spacial score (nSPS) is 22.8. The molecule has 1 aromatic carbocycles. The molecule has 0 saturated heterocycles. The number of hydrogen-bond acceptors (Lipinski definition) is 2. The van der Waals surface area contributed by atoms with Gasteiger partial charge in [0.05, 0.1) is 17.7 Å². The first-order valence-electron chi connectivity index (χ1n) is 6.69. The number of carbonyl (C=O) groups excluding carboxylic acids is 1. The molecule has 1 fully saturated rings. The fourth-order valence-electron chi connectivity index (χ4n) is 2.88. The van der Waals surface area contributed by atoms with Crippen LogP contribution in [-0.2, 0) is 4.74 Å². The van der Waals surface area contributed by atoms with Gasteiger partial charge in [-0.2, -0.15) is 0 Å². The average Bonchev–Trinajstić information content (AvgIpc) is 3.04. The minimum atomic E-state index is -0.0219. The maximum absolute atomic E-state index is 12.4. The van der Waals surface area contributed by atoms with E-state index in [1.165, 1.54) is 0 Å². The Labute approximate surface area is 112 Å². The molecule has 4 heteroatoms. The molecule has 2 unspecified atom stereocenters. The van der Waals surface area contributed by atoms with E-state index in [1.54, 1.807) is 13.3 Å². The summed E-state index contributed by atoms with van der Waals surface area (Å²) in [6.07, 6.45) is 5.05. The molecule has 4 nitrogen and oxygen atoms in total. The number of H-pyrrole nitrogens is 1. The van der Waals surface area contributed by atoms with Crippen molar-refractivity contribution in [2.75, 3.05) is 7.11 Å². The molecule has 0 bridgehead atoms. The number of hydrogen-bond donors (Lipinski definition) is 2. The molecule has 2 atom stereocenters. The van der Waals surface area contributed by atoms with Gasteiger partial charge in [-0.05, 0) is 25.3 Å². The summed E-state index contributed by atoms with van der Waals surface area (Å²) in [5.41, 5.74) is 1.69. The van der Waals surface area contributed by atoms with Crippen molar-refractivity contribution in [2.45, 2.75) is 31.4 Å². The summed E-state index contributed by atoms with van der Waals surface area (Å²) in [7, 11) is 1.71. The average molecular weight is 258 g/mol. The highest BCUT2D eigenvalue weighted by Crippen LogP contribution is 2.23. The number of aromatic nitrogens is 1. The van der Waals surface area contributed by atoms with E-state index < -0.39 is 0 Å². The first kappa shape index (κ1) is 12.2. The predicted octanol–water partition coefficient (Wildman–Crippen LogP) is 2.47. The van der Waals surface area contributed by atoms with Crippen LogP contribution in [0.15, 0.2) is 30.5 Å². The third-order valence-electron chi connectivity index (χ3n) is 3.91. The largest absolute Gasteiger partial charge is 0.379 e. The minimum Gasteiger partial charge on any atom is -0.379 e. The van der Waals surface area contributed by atoms with Crippen LogP contribution in [0.2, 0.25) is 0 Å². The second-order valence-corrected chi connectivity index (χ2v) is 5.03. The van der Waals surface area contributed by atoms with Crippen molar-refractivity contribution in [3.63, 3.8) is 0 Å². The first-order valence-corrected chi connectivity index (χ1v) is 6.69. The van der Waals surface area contributed by atoms with Gasteiger partial charge in [0.2, 0.25) is 0 Å². The molecule has 0 radical (unpaired) electrons. The number of ether oxygens (including phenoxy) is 1. The Bertz CT molecular complexity index is 591. The van der Waals surface area contributed by atoms with Crippen LogP contribution < -0.4 is 5.32 Å². The van der Waals surface area contributed by atoms with Gasteiger partial charge in [-0.15, -0.1) is 0 Å². The summed E-state index contributed by atoms with van der Waals surface area (Å²) in [5, 5.41) is 4.06. The highest BCUT2D eigenvalue weighted by molar-refractivity contribution is 6.06. The monoisotopic (exact) mass is 258 g/mol. The van der Waals surface area contributed by atoms with Crippen molar-refractivity contribution >= 4 is 16.8 Å². The Morgan fingerprint density at radius 1 is 1.37 bits per heavy atom. The van der Waals surface area contributed by atoms with Gasteiger partial charge in [-0.1, -0.05) is 18.2 Å². The molecule has 0 spiro atoms.